The number of hydrogen-bond donors (Lipinski definition) is 1. The number of aryl methyl sites for hydroxylation is 1. The molecule has 0 unspecified atom stereocenters. The number of carbonyl (C=O) groups excluding carboxylic acids is 1. The van der Waals surface area contributed by atoms with Gasteiger partial charge in [-0.1, -0.05) is 6.07 Å². The Morgan fingerprint density at radius 3 is 2.79 bits per heavy atom. The van der Waals surface area contributed by atoms with Gasteiger partial charge in [0.2, 0.25) is 5.75 Å². The highest BCUT2D eigenvalue weighted by molar-refractivity contribution is 6.02. The molecule has 0 saturated carbocycles. The van der Waals surface area contributed by atoms with E-state index in [-0.39, 0.29) is 23.9 Å². The number of anilines is 1. The Kier molecular flexibility index (Phi) is 5.30. The molecule has 0 spiro atoms. The summed E-state index contributed by atoms with van der Waals surface area (Å²) in [7, 11) is 0. The van der Waals surface area contributed by atoms with Crippen molar-refractivity contribution in [3.8, 4) is 5.75 Å². The van der Waals surface area contributed by atoms with Gasteiger partial charge in [0.05, 0.1) is 10.6 Å². The van der Waals surface area contributed by atoms with Crippen LogP contribution in [0, 0.1) is 28.7 Å². The minimum Gasteiger partial charge on any atom is -0.464 e. The van der Waals surface area contributed by atoms with Crippen molar-refractivity contribution in [2.24, 2.45) is 0 Å². The zero-order valence-electron chi connectivity index (χ0n) is 14.6. The molecule has 28 heavy (non-hydrogen) atoms. The molecule has 0 fully saturated rings. The highest BCUT2D eigenvalue weighted by Crippen LogP contribution is 2.27. The molecule has 3 aromatic rings. The second kappa shape index (κ2) is 7.82. The SMILES string of the molecule is Cc1ccc(F)c(NC(=O)c2ccn(COc3cc(F)ccc3[N+](=O)[O-])n2)c1. The third-order valence-electron chi connectivity index (χ3n) is 3.71. The van der Waals surface area contributed by atoms with Gasteiger partial charge in [-0.05, 0) is 36.8 Å². The molecular formula is C18H14F2N4O4. The molecule has 8 nitrogen and oxygen atoms in total. The molecule has 144 valence electrons. The van der Waals surface area contributed by atoms with Gasteiger partial charge in [-0.2, -0.15) is 5.10 Å². The molecule has 1 N–H and O–H groups in total. The van der Waals surface area contributed by atoms with Crippen LogP contribution in [0.2, 0.25) is 0 Å². The van der Waals surface area contributed by atoms with E-state index in [1.54, 1.807) is 13.0 Å². The second-order valence-corrected chi connectivity index (χ2v) is 5.82. The van der Waals surface area contributed by atoms with Crippen molar-refractivity contribution in [2.45, 2.75) is 13.7 Å². The fourth-order valence-corrected chi connectivity index (χ4v) is 2.37. The van der Waals surface area contributed by atoms with E-state index in [0.29, 0.717) is 0 Å². The van der Waals surface area contributed by atoms with E-state index in [2.05, 4.69) is 10.4 Å². The zero-order chi connectivity index (χ0) is 20.3. The van der Waals surface area contributed by atoms with Crippen LogP contribution in [0.15, 0.2) is 48.7 Å². The Bertz CT molecular complexity index is 1050. The van der Waals surface area contributed by atoms with Crippen LogP contribution in [0.3, 0.4) is 0 Å². The van der Waals surface area contributed by atoms with E-state index in [1.165, 1.54) is 29.1 Å². The van der Waals surface area contributed by atoms with Crippen LogP contribution in [-0.2, 0) is 6.73 Å². The molecule has 10 heteroatoms. The lowest BCUT2D eigenvalue weighted by Crippen LogP contribution is -2.15. The summed E-state index contributed by atoms with van der Waals surface area (Å²) in [6.07, 6.45) is 1.40. The van der Waals surface area contributed by atoms with Gasteiger partial charge in [0.15, 0.2) is 12.4 Å². The molecular weight excluding hydrogens is 374 g/mol. The van der Waals surface area contributed by atoms with Crippen molar-refractivity contribution in [1.82, 2.24) is 9.78 Å². The fourth-order valence-electron chi connectivity index (χ4n) is 2.37. The zero-order valence-corrected chi connectivity index (χ0v) is 14.6. The highest BCUT2D eigenvalue weighted by atomic mass is 19.1. The predicted molar refractivity (Wildman–Crippen MR) is 95.0 cm³/mol. The number of rotatable bonds is 6. The number of carbonyl (C=O) groups is 1. The summed E-state index contributed by atoms with van der Waals surface area (Å²) < 4.78 is 33.5. The predicted octanol–water partition coefficient (Wildman–Crippen LogP) is 3.67. The van der Waals surface area contributed by atoms with Crippen LogP contribution >= 0.6 is 0 Å². The summed E-state index contributed by atoms with van der Waals surface area (Å²) in [5, 5.41) is 17.3. The minimum absolute atomic E-state index is 0.0155. The van der Waals surface area contributed by atoms with Crippen LogP contribution in [0.4, 0.5) is 20.2 Å². The fraction of sp³-hybridized carbons (Fsp3) is 0.111. The number of nitrogens with zero attached hydrogens (tertiary/aromatic N) is 3. The van der Waals surface area contributed by atoms with Crippen LogP contribution in [0.5, 0.6) is 5.75 Å². The van der Waals surface area contributed by atoms with Gasteiger partial charge < -0.3 is 10.1 Å². The van der Waals surface area contributed by atoms with Crippen LogP contribution in [0.25, 0.3) is 0 Å². The van der Waals surface area contributed by atoms with Crippen molar-refractivity contribution >= 4 is 17.3 Å². The van der Waals surface area contributed by atoms with E-state index in [1.807, 2.05) is 0 Å². The van der Waals surface area contributed by atoms with Crippen molar-refractivity contribution in [3.05, 3.63) is 81.7 Å². The molecule has 1 aromatic heterocycles. The first-order valence-corrected chi connectivity index (χ1v) is 8.01. The first-order valence-electron chi connectivity index (χ1n) is 8.01. The van der Waals surface area contributed by atoms with Crippen molar-refractivity contribution in [1.29, 1.82) is 0 Å². The third-order valence-corrected chi connectivity index (χ3v) is 3.71. The Hall–Kier alpha value is -3.82. The maximum absolute atomic E-state index is 13.7. The highest BCUT2D eigenvalue weighted by Gasteiger charge is 2.17. The summed E-state index contributed by atoms with van der Waals surface area (Å²) in [6.45, 7) is 1.46. The Balaban J connectivity index is 1.69. The minimum atomic E-state index is -0.701. The van der Waals surface area contributed by atoms with Crippen molar-refractivity contribution < 1.29 is 23.2 Å². The Labute approximate surface area is 157 Å². The lowest BCUT2D eigenvalue weighted by Gasteiger charge is -2.07. The Morgan fingerprint density at radius 1 is 1.25 bits per heavy atom. The van der Waals surface area contributed by atoms with Gasteiger partial charge in [0.1, 0.15) is 11.6 Å². The van der Waals surface area contributed by atoms with Crippen molar-refractivity contribution in [3.63, 3.8) is 0 Å². The molecule has 0 radical (unpaired) electrons. The number of halogens is 2. The average Bonchev–Trinajstić information content (AvgIpc) is 3.12. The molecule has 1 heterocycles. The summed E-state index contributed by atoms with van der Waals surface area (Å²) in [6, 6.07) is 8.49. The number of hydrogen-bond acceptors (Lipinski definition) is 5. The first-order chi connectivity index (χ1) is 13.3. The molecule has 1 amide bonds. The summed E-state index contributed by atoms with van der Waals surface area (Å²) >= 11 is 0. The molecule has 3 rings (SSSR count). The van der Waals surface area contributed by atoms with Gasteiger partial charge in [-0.25, -0.2) is 13.5 Å². The molecule has 2 aromatic carbocycles. The number of ether oxygens (including phenoxy) is 1. The summed E-state index contributed by atoms with van der Waals surface area (Å²) in [5.74, 6) is -2.19. The van der Waals surface area contributed by atoms with Crippen molar-refractivity contribution in [2.75, 3.05) is 5.32 Å². The molecule has 0 saturated heterocycles. The smallest absolute Gasteiger partial charge is 0.311 e. The summed E-state index contributed by atoms with van der Waals surface area (Å²) in [4.78, 5) is 22.5. The summed E-state index contributed by atoms with van der Waals surface area (Å²) in [5.41, 5.74) is 0.373. The number of nitrogens with one attached hydrogen (secondary N) is 1. The van der Waals surface area contributed by atoms with Crippen LogP contribution < -0.4 is 10.1 Å². The molecule has 0 bridgehead atoms. The molecule has 0 aliphatic carbocycles. The van der Waals surface area contributed by atoms with Gasteiger partial charge >= 0.3 is 5.69 Å². The normalized spacial score (nSPS) is 10.5. The number of benzene rings is 2. The van der Waals surface area contributed by atoms with Gasteiger partial charge in [0, 0.05) is 18.3 Å². The largest absolute Gasteiger partial charge is 0.464 e. The van der Waals surface area contributed by atoms with E-state index in [4.69, 9.17) is 4.74 Å². The van der Waals surface area contributed by atoms with E-state index in [0.717, 1.165) is 23.8 Å². The topological polar surface area (TPSA) is 99.3 Å². The van der Waals surface area contributed by atoms with E-state index < -0.39 is 28.2 Å². The van der Waals surface area contributed by atoms with Gasteiger partial charge in [-0.3, -0.25) is 14.9 Å². The maximum atomic E-state index is 13.7. The molecule has 0 atom stereocenters. The third kappa shape index (κ3) is 4.29. The lowest BCUT2D eigenvalue weighted by atomic mass is 10.2. The van der Waals surface area contributed by atoms with E-state index >= 15 is 0 Å². The second-order valence-electron chi connectivity index (χ2n) is 5.82. The number of aromatic nitrogens is 2. The average molecular weight is 388 g/mol. The molecule has 0 aliphatic heterocycles. The van der Waals surface area contributed by atoms with Crippen LogP contribution in [-0.4, -0.2) is 20.6 Å². The number of nitro groups is 1. The van der Waals surface area contributed by atoms with E-state index in [9.17, 15) is 23.7 Å². The standard InChI is InChI=1S/C18H14F2N4O4/c1-11-2-4-13(20)15(8-11)21-18(25)14-6-7-23(22-14)10-28-17-9-12(19)3-5-16(17)24(26)27/h2-9H,10H2,1H3,(H,21,25). The first kappa shape index (κ1) is 19.0. The molecule has 0 aliphatic rings. The number of nitro benzene ring substituents is 1. The lowest BCUT2D eigenvalue weighted by molar-refractivity contribution is -0.386. The van der Waals surface area contributed by atoms with Gasteiger partial charge in [0.25, 0.3) is 5.91 Å². The van der Waals surface area contributed by atoms with Crippen LogP contribution in [0.1, 0.15) is 16.1 Å². The quantitative estimate of drug-likeness (QED) is 0.513. The van der Waals surface area contributed by atoms with Gasteiger partial charge in [-0.15, -0.1) is 0 Å². The Morgan fingerprint density at radius 2 is 2.04 bits per heavy atom. The maximum Gasteiger partial charge on any atom is 0.311 e. The number of amides is 1. The monoisotopic (exact) mass is 388 g/mol.